The van der Waals surface area contributed by atoms with Crippen LogP contribution in [0.4, 0.5) is 22.7 Å². The average Bonchev–Trinajstić information content (AvgIpc) is 3.21. The van der Waals surface area contributed by atoms with Gasteiger partial charge in [-0.15, -0.1) is 0 Å². The third kappa shape index (κ3) is 4.46. The fourth-order valence-corrected chi connectivity index (χ4v) is 9.93. The molecule has 262 valence electrons. The topological polar surface area (TPSA) is 6.48 Å². The van der Waals surface area contributed by atoms with Crippen molar-refractivity contribution in [1.29, 1.82) is 0 Å². The van der Waals surface area contributed by atoms with Gasteiger partial charge in [-0.05, 0) is 84.3 Å². The van der Waals surface area contributed by atoms with Crippen LogP contribution >= 0.6 is 0 Å². The first-order chi connectivity index (χ1) is 26.2. The first-order valence-corrected chi connectivity index (χ1v) is 19.2. The molecule has 0 saturated carbocycles. The molecular weight excluding hydrogens is 653 g/mol. The van der Waals surface area contributed by atoms with Crippen LogP contribution in [-0.4, -0.2) is 14.1 Å². The second-order valence-electron chi connectivity index (χ2n) is 16.2. The van der Waals surface area contributed by atoms with Gasteiger partial charge in [-0.3, -0.25) is 0 Å². The van der Waals surface area contributed by atoms with Gasteiger partial charge in [-0.2, -0.15) is 0 Å². The Labute approximate surface area is 319 Å². The van der Waals surface area contributed by atoms with Gasteiger partial charge in [0, 0.05) is 47.4 Å². The molecule has 0 radical (unpaired) electrons. The molecule has 54 heavy (non-hydrogen) atoms. The van der Waals surface area contributed by atoms with Crippen LogP contribution < -0.4 is 9.80 Å². The molecular formula is C52H44N2. The number of para-hydroxylation sites is 4. The zero-order chi connectivity index (χ0) is 36.9. The first kappa shape index (κ1) is 32.5. The number of anilines is 4. The lowest BCUT2D eigenvalue weighted by Crippen LogP contribution is -2.31. The van der Waals surface area contributed by atoms with E-state index in [1.54, 1.807) is 0 Å². The summed E-state index contributed by atoms with van der Waals surface area (Å²) in [5.41, 5.74) is 17.8. The van der Waals surface area contributed by atoms with Crippen LogP contribution in [0.1, 0.15) is 49.9 Å². The van der Waals surface area contributed by atoms with Gasteiger partial charge in [-0.25, -0.2) is 0 Å². The Bertz CT molecular complexity index is 2640. The summed E-state index contributed by atoms with van der Waals surface area (Å²) >= 11 is 0. The number of hydrogen-bond donors (Lipinski definition) is 0. The van der Waals surface area contributed by atoms with Crippen LogP contribution in [0, 0.1) is 0 Å². The smallest absolute Gasteiger partial charge is 0.0529 e. The van der Waals surface area contributed by atoms with E-state index in [1.165, 1.54) is 99.9 Å². The fraction of sp³-hybridized carbons (Fsp3) is 0.154. The van der Waals surface area contributed by atoms with Gasteiger partial charge < -0.3 is 9.80 Å². The molecule has 0 atom stereocenters. The van der Waals surface area contributed by atoms with E-state index < -0.39 is 0 Å². The highest BCUT2D eigenvalue weighted by Gasteiger charge is 2.38. The largest absolute Gasteiger partial charge is 0.344 e. The Kier molecular flexibility index (Phi) is 7.04. The molecule has 10 rings (SSSR count). The first-order valence-electron chi connectivity index (χ1n) is 19.2. The quantitative estimate of drug-likeness (QED) is 0.170. The van der Waals surface area contributed by atoms with Gasteiger partial charge >= 0.3 is 0 Å². The summed E-state index contributed by atoms with van der Waals surface area (Å²) in [6, 6.07) is 58.9. The van der Waals surface area contributed by atoms with Crippen molar-refractivity contribution >= 4 is 44.3 Å². The Morgan fingerprint density at radius 1 is 0.352 bits per heavy atom. The van der Waals surface area contributed by atoms with Gasteiger partial charge in [0.1, 0.15) is 0 Å². The second kappa shape index (κ2) is 11.7. The van der Waals surface area contributed by atoms with Gasteiger partial charge in [0.2, 0.25) is 0 Å². The van der Waals surface area contributed by atoms with Crippen molar-refractivity contribution < 1.29 is 0 Å². The molecule has 0 spiro atoms. The number of hydrogen-bond acceptors (Lipinski definition) is 2. The normalized spacial score (nSPS) is 15.1. The molecule has 0 saturated heterocycles. The van der Waals surface area contributed by atoms with Gasteiger partial charge in [-0.1, -0.05) is 167 Å². The number of rotatable bonds is 3. The molecule has 2 nitrogen and oxygen atoms in total. The lowest BCUT2D eigenvalue weighted by atomic mass is 9.72. The van der Waals surface area contributed by atoms with E-state index in [0.717, 1.165) is 0 Å². The number of benzene rings is 8. The van der Waals surface area contributed by atoms with E-state index in [-0.39, 0.29) is 10.8 Å². The summed E-state index contributed by atoms with van der Waals surface area (Å²) < 4.78 is 0. The zero-order valence-corrected chi connectivity index (χ0v) is 31.9. The number of fused-ring (bicyclic) bond motifs is 6. The molecule has 2 heteroatoms. The Balaban J connectivity index is 1.29. The lowest BCUT2D eigenvalue weighted by molar-refractivity contribution is 0.630. The Morgan fingerprint density at radius 2 is 0.741 bits per heavy atom. The van der Waals surface area contributed by atoms with Crippen molar-refractivity contribution in [2.24, 2.45) is 0 Å². The van der Waals surface area contributed by atoms with Gasteiger partial charge in [0.15, 0.2) is 0 Å². The minimum Gasteiger partial charge on any atom is -0.344 e. The van der Waals surface area contributed by atoms with Gasteiger partial charge in [0.05, 0.1) is 11.4 Å². The lowest BCUT2D eigenvalue weighted by Gasteiger charge is -2.41. The van der Waals surface area contributed by atoms with Crippen LogP contribution in [0.25, 0.3) is 54.9 Å². The summed E-state index contributed by atoms with van der Waals surface area (Å²) in [5.74, 6) is 0. The zero-order valence-electron chi connectivity index (χ0n) is 31.9. The molecule has 0 bridgehead atoms. The minimum absolute atomic E-state index is 0.140. The number of nitrogens with zero attached hydrogens (tertiary/aromatic N) is 2. The maximum absolute atomic E-state index is 2.49. The monoisotopic (exact) mass is 696 g/mol. The molecule has 0 N–H and O–H groups in total. The predicted molar refractivity (Wildman–Crippen MR) is 231 cm³/mol. The molecule has 8 aromatic carbocycles. The van der Waals surface area contributed by atoms with Crippen LogP contribution in [0.3, 0.4) is 0 Å². The summed E-state index contributed by atoms with van der Waals surface area (Å²) in [6.07, 6.45) is 0. The maximum atomic E-state index is 2.49. The molecule has 0 fully saturated rings. The Morgan fingerprint density at radius 3 is 1.22 bits per heavy atom. The van der Waals surface area contributed by atoms with Crippen LogP contribution in [0.2, 0.25) is 0 Å². The molecule has 0 aromatic heterocycles. The highest BCUT2D eigenvalue weighted by molar-refractivity contribution is 6.20. The third-order valence-electron chi connectivity index (χ3n) is 12.6. The fourth-order valence-electron chi connectivity index (χ4n) is 9.93. The van der Waals surface area contributed by atoms with Gasteiger partial charge in [0.25, 0.3) is 0 Å². The summed E-state index contributed by atoms with van der Waals surface area (Å²) in [6.45, 7) is 9.48. The summed E-state index contributed by atoms with van der Waals surface area (Å²) in [7, 11) is 4.47. The molecule has 0 unspecified atom stereocenters. The van der Waals surface area contributed by atoms with Crippen molar-refractivity contribution in [2.75, 3.05) is 23.9 Å². The van der Waals surface area contributed by atoms with Crippen molar-refractivity contribution in [3.63, 3.8) is 0 Å². The van der Waals surface area contributed by atoms with Crippen LogP contribution in [-0.2, 0) is 10.8 Å². The Hall–Kier alpha value is -6.12. The summed E-state index contributed by atoms with van der Waals surface area (Å²) in [4.78, 5) is 4.83. The van der Waals surface area contributed by atoms with Crippen LogP contribution in [0.5, 0.6) is 0 Å². The van der Waals surface area contributed by atoms with E-state index in [4.69, 9.17) is 0 Å². The molecule has 0 aliphatic carbocycles. The average molecular weight is 697 g/mol. The predicted octanol–water partition coefficient (Wildman–Crippen LogP) is 13.8. The molecule has 2 aliphatic heterocycles. The third-order valence-corrected chi connectivity index (χ3v) is 12.6. The van der Waals surface area contributed by atoms with Crippen molar-refractivity contribution in [1.82, 2.24) is 0 Å². The molecule has 0 amide bonds. The highest BCUT2D eigenvalue weighted by atomic mass is 15.1. The summed E-state index contributed by atoms with van der Waals surface area (Å²) in [5, 5.41) is 5.06. The van der Waals surface area contributed by atoms with Crippen molar-refractivity contribution in [2.45, 2.75) is 38.5 Å². The van der Waals surface area contributed by atoms with E-state index in [0.29, 0.717) is 0 Å². The maximum Gasteiger partial charge on any atom is 0.0529 e. The van der Waals surface area contributed by atoms with Crippen LogP contribution in [0.15, 0.2) is 158 Å². The van der Waals surface area contributed by atoms with E-state index in [1.807, 2.05) is 0 Å². The standard InChI is InChI=1S/C52H44N2/c1-51(2)42-26-10-12-30-46(42)53(5)49-38(24-16-28-44(49)51)34-20-14-22-36-40(34)32-41-35(21-15-23-37(41)48(36)33-18-8-7-9-19-33)39-25-17-29-45-50(39)54(6)47-31-13-11-27-43(47)52(45,3)4/h7-32H,1-6H3. The molecule has 2 heterocycles. The van der Waals surface area contributed by atoms with E-state index >= 15 is 0 Å². The van der Waals surface area contributed by atoms with E-state index in [2.05, 4.69) is 209 Å². The highest BCUT2D eigenvalue weighted by Crippen LogP contribution is 2.55. The van der Waals surface area contributed by atoms with Crippen molar-refractivity contribution in [3.05, 3.63) is 180 Å². The van der Waals surface area contributed by atoms with E-state index in [9.17, 15) is 0 Å². The SMILES string of the molecule is CN1c2ccccc2C(C)(C)c2cccc(-c3cccc4c(-c5ccccc5)c5cccc(-c6cccc7c6N(C)c6ccccc6C7(C)C)c5cc34)c21. The molecule has 2 aliphatic rings. The molecule has 8 aromatic rings. The minimum atomic E-state index is -0.140. The van der Waals surface area contributed by atoms with Crippen molar-refractivity contribution in [3.8, 4) is 33.4 Å². The second-order valence-corrected chi connectivity index (χ2v) is 16.2.